The summed E-state index contributed by atoms with van der Waals surface area (Å²) >= 11 is 5.88. The number of nitrogen functional groups attached to an aromatic ring is 1. The number of hydrogen-bond acceptors (Lipinski definition) is 5. The molecule has 2 N–H and O–H groups in total. The fourth-order valence-corrected chi connectivity index (χ4v) is 2.03. The maximum absolute atomic E-state index is 12.6. The Balaban J connectivity index is 2.18. The Morgan fingerprint density at radius 1 is 1.14 bits per heavy atom. The van der Waals surface area contributed by atoms with Crippen molar-refractivity contribution in [2.24, 2.45) is 0 Å². The van der Waals surface area contributed by atoms with Crippen molar-refractivity contribution in [3.8, 4) is 5.82 Å². The van der Waals surface area contributed by atoms with Gasteiger partial charge in [-0.25, -0.2) is 19.9 Å². The molecule has 10 heteroatoms. The SMILES string of the molecule is Nc1ncnc2c1ncn2-c1ncc(C(F)(F)F)cc1Cl. The van der Waals surface area contributed by atoms with E-state index in [-0.39, 0.29) is 16.7 Å². The van der Waals surface area contributed by atoms with Crippen molar-refractivity contribution in [1.82, 2.24) is 24.5 Å². The third kappa shape index (κ3) is 2.25. The van der Waals surface area contributed by atoms with Crippen molar-refractivity contribution in [3.05, 3.63) is 35.5 Å². The van der Waals surface area contributed by atoms with Gasteiger partial charge in [0.2, 0.25) is 0 Å². The number of rotatable bonds is 1. The summed E-state index contributed by atoms with van der Waals surface area (Å²) in [6, 6.07) is 0.792. The van der Waals surface area contributed by atoms with Crippen LogP contribution in [0.2, 0.25) is 5.02 Å². The van der Waals surface area contributed by atoms with Crippen LogP contribution < -0.4 is 5.73 Å². The second-order valence-electron chi connectivity index (χ2n) is 4.07. The fraction of sp³-hybridized carbons (Fsp3) is 0.0909. The highest BCUT2D eigenvalue weighted by molar-refractivity contribution is 6.32. The molecule has 6 nitrogen and oxygen atoms in total. The van der Waals surface area contributed by atoms with Crippen molar-refractivity contribution >= 4 is 28.6 Å². The van der Waals surface area contributed by atoms with Crippen LogP contribution in [0.15, 0.2) is 24.9 Å². The number of hydrogen-bond donors (Lipinski definition) is 1. The van der Waals surface area contributed by atoms with Gasteiger partial charge < -0.3 is 5.73 Å². The maximum atomic E-state index is 12.6. The number of halogens is 4. The van der Waals surface area contributed by atoms with E-state index < -0.39 is 11.7 Å². The maximum Gasteiger partial charge on any atom is 0.417 e. The highest BCUT2D eigenvalue weighted by atomic mass is 35.5. The second kappa shape index (κ2) is 4.55. The van der Waals surface area contributed by atoms with Crippen LogP contribution in [-0.4, -0.2) is 24.5 Å². The summed E-state index contributed by atoms with van der Waals surface area (Å²) in [5, 5.41) is -0.179. The highest BCUT2D eigenvalue weighted by Gasteiger charge is 2.31. The Labute approximate surface area is 120 Å². The smallest absolute Gasteiger partial charge is 0.382 e. The quantitative estimate of drug-likeness (QED) is 0.746. The molecule has 0 spiro atoms. The van der Waals surface area contributed by atoms with E-state index in [2.05, 4.69) is 19.9 Å². The van der Waals surface area contributed by atoms with Crippen LogP contribution in [0.4, 0.5) is 19.0 Å². The summed E-state index contributed by atoms with van der Waals surface area (Å²) in [7, 11) is 0. The van der Waals surface area contributed by atoms with Crippen LogP contribution in [0.5, 0.6) is 0 Å². The average Bonchev–Trinajstić information content (AvgIpc) is 2.83. The number of fused-ring (bicyclic) bond motifs is 1. The molecule has 3 aromatic rings. The van der Waals surface area contributed by atoms with Gasteiger partial charge in [0.1, 0.15) is 12.7 Å². The average molecular weight is 315 g/mol. The number of nitrogens with zero attached hydrogens (tertiary/aromatic N) is 5. The number of aromatic nitrogens is 5. The van der Waals surface area contributed by atoms with Gasteiger partial charge in [0.15, 0.2) is 22.8 Å². The lowest BCUT2D eigenvalue weighted by atomic mass is 10.3. The molecule has 0 fully saturated rings. The third-order valence-corrected chi connectivity index (χ3v) is 3.02. The molecule has 0 saturated carbocycles. The minimum atomic E-state index is -4.52. The molecule has 0 radical (unpaired) electrons. The lowest BCUT2D eigenvalue weighted by Gasteiger charge is -2.09. The van der Waals surface area contributed by atoms with Crippen molar-refractivity contribution < 1.29 is 13.2 Å². The molecule has 0 aliphatic heterocycles. The molecule has 0 aromatic carbocycles. The summed E-state index contributed by atoms with van der Waals surface area (Å²) in [4.78, 5) is 15.5. The second-order valence-corrected chi connectivity index (χ2v) is 4.48. The van der Waals surface area contributed by atoms with Crippen LogP contribution in [0.1, 0.15) is 5.56 Å². The van der Waals surface area contributed by atoms with Gasteiger partial charge in [-0.3, -0.25) is 4.57 Å². The minimum absolute atomic E-state index is 0.0743. The molecular formula is C11H6ClF3N6. The van der Waals surface area contributed by atoms with E-state index in [1.807, 2.05) is 0 Å². The summed E-state index contributed by atoms with van der Waals surface area (Å²) in [5.74, 6) is 0.229. The number of nitrogens with two attached hydrogens (primary N) is 1. The molecule has 0 aliphatic carbocycles. The molecule has 21 heavy (non-hydrogen) atoms. The van der Waals surface area contributed by atoms with Crippen LogP contribution in [0, 0.1) is 0 Å². The van der Waals surface area contributed by atoms with E-state index >= 15 is 0 Å². The topological polar surface area (TPSA) is 82.5 Å². The number of imidazole rings is 1. The van der Waals surface area contributed by atoms with Gasteiger partial charge in [0.05, 0.1) is 10.6 Å². The van der Waals surface area contributed by atoms with Gasteiger partial charge in [-0.2, -0.15) is 13.2 Å². The molecule has 0 amide bonds. The fourth-order valence-electron chi connectivity index (χ4n) is 1.77. The van der Waals surface area contributed by atoms with E-state index in [0.29, 0.717) is 17.4 Å². The summed E-state index contributed by atoms with van der Waals surface area (Å²) in [6.45, 7) is 0. The van der Waals surface area contributed by atoms with Crippen molar-refractivity contribution in [3.63, 3.8) is 0 Å². The molecule has 108 valence electrons. The molecule has 3 rings (SSSR count). The monoisotopic (exact) mass is 314 g/mol. The van der Waals surface area contributed by atoms with E-state index in [9.17, 15) is 13.2 Å². The first kappa shape index (κ1) is 13.6. The van der Waals surface area contributed by atoms with E-state index in [4.69, 9.17) is 17.3 Å². The van der Waals surface area contributed by atoms with Crippen LogP contribution >= 0.6 is 11.6 Å². The summed E-state index contributed by atoms with van der Waals surface area (Å²) in [5.41, 5.74) is 5.32. The van der Waals surface area contributed by atoms with Gasteiger partial charge in [-0.05, 0) is 6.07 Å². The zero-order valence-corrected chi connectivity index (χ0v) is 10.9. The third-order valence-electron chi connectivity index (χ3n) is 2.74. The van der Waals surface area contributed by atoms with E-state index in [1.165, 1.54) is 17.2 Å². The molecular weight excluding hydrogens is 309 g/mol. The molecule has 0 unspecified atom stereocenters. The highest BCUT2D eigenvalue weighted by Crippen LogP contribution is 2.32. The molecule has 0 atom stereocenters. The first-order valence-electron chi connectivity index (χ1n) is 5.54. The zero-order chi connectivity index (χ0) is 15.2. The normalized spacial score (nSPS) is 12.0. The zero-order valence-electron chi connectivity index (χ0n) is 10.1. The Morgan fingerprint density at radius 2 is 1.90 bits per heavy atom. The Morgan fingerprint density at radius 3 is 2.57 bits per heavy atom. The van der Waals surface area contributed by atoms with E-state index in [0.717, 1.165) is 6.07 Å². The Bertz CT molecular complexity index is 828. The van der Waals surface area contributed by atoms with Crippen molar-refractivity contribution in [2.45, 2.75) is 6.18 Å². The number of alkyl halides is 3. The first-order valence-corrected chi connectivity index (χ1v) is 5.92. The molecule has 3 heterocycles. The molecule has 0 saturated heterocycles. The Hall–Kier alpha value is -2.42. The summed E-state index contributed by atoms with van der Waals surface area (Å²) < 4.78 is 39.1. The number of anilines is 1. The van der Waals surface area contributed by atoms with Gasteiger partial charge in [-0.1, -0.05) is 11.6 Å². The summed E-state index contributed by atoms with van der Waals surface area (Å²) in [6.07, 6.45) is -1.29. The van der Waals surface area contributed by atoms with Gasteiger partial charge in [0.25, 0.3) is 0 Å². The van der Waals surface area contributed by atoms with E-state index in [1.54, 1.807) is 0 Å². The van der Waals surface area contributed by atoms with Crippen LogP contribution in [0.3, 0.4) is 0 Å². The molecule has 3 aromatic heterocycles. The van der Waals surface area contributed by atoms with Crippen LogP contribution in [-0.2, 0) is 6.18 Å². The lowest BCUT2D eigenvalue weighted by molar-refractivity contribution is -0.137. The Kier molecular flexibility index (Phi) is 2.94. The number of pyridine rings is 1. The molecule has 0 bridgehead atoms. The lowest BCUT2D eigenvalue weighted by Crippen LogP contribution is -2.07. The van der Waals surface area contributed by atoms with Gasteiger partial charge in [0, 0.05) is 6.20 Å². The predicted octanol–water partition coefficient (Wildman–Crippen LogP) is 2.46. The predicted molar refractivity (Wildman–Crippen MR) is 68.9 cm³/mol. The van der Waals surface area contributed by atoms with Gasteiger partial charge in [-0.15, -0.1) is 0 Å². The molecule has 0 aliphatic rings. The van der Waals surface area contributed by atoms with Crippen molar-refractivity contribution in [1.29, 1.82) is 0 Å². The standard InChI is InChI=1S/C11H6ClF3N6/c12-6-1-5(11(13,14)15)2-17-9(6)21-4-20-7-8(16)18-3-19-10(7)21/h1-4H,(H2,16,18,19). The minimum Gasteiger partial charge on any atom is -0.382 e. The van der Waals surface area contributed by atoms with Crippen LogP contribution in [0.25, 0.3) is 17.0 Å². The van der Waals surface area contributed by atoms with Gasteiger partial charge >= 0.3 is 6.18 Å². The first-order chi connectivity index (χ1) is 9.88. The van der Waals surface area contributed by atoms with Crippen molar-refractivity contribution in [2.75, 3.05) is 5.73 Å². The largest absolute Gasteiger partial charge is 0.417 e.